The third-order valence-corrected chi connectivity index (χ3v) is 3.62. The number of benzene rings is 1. The Bertz CT molecular complexity index is 514. The first kappa shape index (κ1) is 15.2. The number of esters is 1. The van der Waals surface area contributed by atoms with Crippen molar-refractivity contribution >= 4 is 27.6 Å². The van der Waals surface area contributed by atoms with Crippen molar-refractivity contribution < 1.29 is 9.53 Å². The fourth-order valence-corrected chi connectivity index (χ4v) is 2.48. The van der Waals surface area contributed by atoms with Crippen LogP contribution in [0.3, 0.4) is 0 Å². The Hall–Kier alpha value is -1.16. The Morgan fingerprint density at radius 2 is 2.00 bits per heavy atom. The maximum absolute atomic E-state index is 11.9. The van der Waals surface area contributed by atoms with Crippen molar-refractivity contribution in [3.05, 3.63) is 34.3 Å². The number of carbonyl (C=O) groups excluding carboxylic acids is 1. The molecule has 0 saturated carbocycles. The van der Waals surface area contributed by atoms with Gasteiger partial charge in [-0.05, 0) is 50.8 Å². The number of nitrogens with zero attached hydrogens (tertiary/aromatic N) is 1. The van der Waals surface area contributed by atoms with E-state index in [1.165, 1.54) is 5.56 Å². The molecule has 0 radical (unpaired) electrons. The van der Waals surface area contributed by atoms with E-state index < -0.39 is 5.60 Å². The third-order valence-electron chi connectivity index (χ3n) is 3.09. The molecule has 108 valence electrons. The molecule has 2 rings (SSSR count). The summed E-state index contributed by atoms with van der Waals surface area (Å²) >= 11 is 3.43. The van der Waals surface area contributed by atoms with E-state index in [1.807, 2.05) is 32.9 Å². The van der Waals surface area contributed by atoms with Crippen LogP contribution in [0.15, 0.2) is 33.7 Å². The second-order valence-electron chi connectivity index (χ2n) is 6.19. The largest absolute Gasteiger partial charge is 0.455 e. The standard InChI is InChI=1S/C16H20BrNO2/c1-16(2,3)20-15(19)14-9-12(10-18-14)8-11-4-6-13(17)7-5-11/h4-7,12H,8-10H2,1-3H3/t12-/m1/s1. The topological polar surface area (TPSA) is 38.7 Å². The van der Waals surface area contributed by atoms with Crippen molar-refractivity contribution in [2.45, 2.75) is 39.2 Å². The van der Waals surface area contributed by atoms with Gasteiger partial charge in [0.25, 0.3) is 0 Å². The molecule has 1 aromatic carbocycles. The summed E-state index contributed by atoms with van der Waals surface area (Å²) in [6.45, 7) is 6.34. The van der Waals surface area contributed by atoms with Crippen molar-refractivity contribution in [3.63, 3.8) is 0 Å². The van der Waals surface area contributed by atoms with Gasteiger partial charge >= 0.3 is 5.97 Å². The number of hydrogen-bond donors (Lipinski definition) is 0. The molecule has 0 saturated heterocycles. The van der Waals surface area contributed by atoms with E-state index in [-0.39, 0.29) is 5.97 Å². The van der Waals surface area contributed by atoms with Crippen molar-refractivity contribution in [2.24, 2.45) is 10.9 Å². The van der Waals surface area contributed by atoms with Crippen LogP contribution in [0.1, 0.15) is 32.8 Å². The molecule has 0 amide bonds. The molecular formula is C16H20BrNO2. The maximum atomic E-state index is 11.9. The van der Waals surface area contributed by atoms with Crippen LogP contribution in [0, 0.1) is 5.92 Å². The minimum absolute atomic E-state index is 0.268. The molecular weight excluding hydrogens is 318 g/mol. The molecule has 0 fully saturated rings. The highest BCUT2D eigenvalue weighted by molar-refractivity contribution is 9.10. The van der Waals surface area contributed by atoms with Gasteiger partial charge in [-0.2, -0.15) is 0 Å². The van der Waals surface area contributed by atoms with Crippen LogP contribution in [0.5, 0.6) is 0 Å². The Morgan fingerprint density at radius 3 is 2.60 bits per heavy atom. The lowest BCUT2D eigenvalue weighted by molar-refractivity contribution is -0.146. The molecule has 0 unspecified atom stereocenters. The molecule has 0 bridgehead atoms. The van der Waals surface area contributed by atoms with Gasteiger partial charge in [-0.3, -0.25) is 4.99 Å². The number of aliphatic imine (C=N–C) groups is 1. The van der Waals surface area contributed by atoms with E-state index in [1.54, 1.807) is 0 Å². The van der Waals surface area contributed by atoms with Crippen LogP contribution in [0.2, 0.25) is 0 Å². The molecule has 4 heteroatoms. The quantitative estimate of drug-likeness (QED) is 0.787. The average molecular weight is 338 g/mol. The molecule has 0 N–H and O–H groups in total. The Labute approximate surface area is 128 Å². The normalized spacial score (nSPS) is 18.8. The monoisotopic (exact) mass is 337 g/mol. The van der Waals surface area contributed by atoms with Crippen LogP contribution in [0.25, 0.3) is 0 Å². The van der Waals surface area contributed by atoms with Gasteiger partial charge in [0.2, 0.25) is 0 Å². The van der Waals surface area contributed by atoms with Gasteiger partial charge in [0.15, 0.2) is 0 Å². The number of halogens is 1. The zero-order chi connectivity index (χ0) is 14.8. The summed E-state index contributed by atoms with van der Waals surface area (Å²) in [5.74, 6) is 0.134. The molecule has 0 aliphatic carbocycles. The SMILES string of the molecule is CC(C)(C)OC(=O)C1=NC[C@H](Cc2ccc(Br)cc2)C1. The van der Waals surface area contributed by atoms with Crippen molar-refractivity contribution in [1.29, 1.82) is 0 Å². The van der Waals surface area contributed by atoms with E-state index >= 15 is 0 Å². The van der Waals surface area contributed by atoms with Crippen molar-refractivity contribution in [1.82, 2.24) is 0 Å². The minimum atomic E-state index is -0.455. The van der Waals surface area contributed by atoms with Crippen LogP contribution in [-0.2, 0) is 16.0 Å². The van der Waals surface area contributed by atoms with E-state index in [9.17, 15) is 4.79 Å². The van der Waals surface area contributed by atoms with Crippen LogP contribution in [-0.4, -0.2) is 23.8 Å². The molecule has 1 aromatic rings. The van der Waals surface area contributed by atoms with Gasteiger partial charge in [0, 0.05) is 17.4 Å². The van der Waals surface area contributed by atoms with Gasteiger partial charge in [-0.15, -0.1) is 0 Å². The molecule has 3 nitrogen and oxygen atoms in total. The summed E-state index contributed by atoms with van der Waals surface area (Å²) in [7, 11) is 0. The average Bonchev–Trinajstić information content (AvgIpc) is 2.79. The summed E-state index contributed by atoms with van der Waals surface area (Å²) in [5, 5.41) is 0. The predicted octanol–water partition coefficient (Wildman–Crippen LogP) is 3.79. The lowest BCUT2D eigenvalue weighted by atomic mass is 9.96. The van der Waals surface area contributed by atoms with E-state index in [0.29, 0.717) is 24.6 Å². The number of hydrogen-bond acceptors (Lipinski definition) is 3. The maximum Gasteiger partial charge on any atom is 0.352 e. The first-order valence-electron chi connectivity index (χ1n) is 6.84. The first-order chi connectivity index (χ1) is 9.33. The lowest BCUT2D eigenvalue weighted by Gasteiger charge is -2.19. The fourth-order valence-electron chi connectivity index (χ4n) is 2.22. The highest BCUT2D eigenvalue weighted by Crippen LogP contribution is 2.22. The number of carbonyl (C=O) groups is 1. The molecule has 1 aliphatic rings. The van der Waals surface area contributed by atoms with Gasteiger partial charge in [0.1, 0.15) is 11.3 Å². The summed E-state index contributed by atoms with van der Waals surface area (Å²) in [6.07, 6.45) is 1.66. The molecule has 0 spiro atoms. The van der Waals surface area contributed by atoms with Gasteiger partial charge < -0.3 is 4.74 Å². The van der Waals surface area contributed by atoms with Crippen LogP contribution in [0.4, 0.5) is 0 Å². The highest BCUT2D eigenvalue weighted by Gasteiger charge is 2.27. The smallest absolute Gasteiger partial charge is 0.352 e. The minimum Gasteiger partial charge on any atom is -0.455 e. The van der Waals surface area contributed by atoms with Gasteiger partial charge in [-0.1, -0.05) is 28.1 Å². The Morgan fingerprint density at radius 1 is 1.35 bits per heavy atom. The van der Waals surface area contributed by atoms with E-state index in [0.717, 1.165) is 10.9 Å². The number of ether oxygens (including phenoxy) is 1. The second kappa shape index (κ2) is 6.08. The first-order valence-corrected chi connectivity index (χ1v) is 7.64. The fraction of sp³-hybridized carbons (Fsp3) is 0.500. The highest BCUT2D eigenvalue weighted by atomic mass is 79.9. The second-order valence-corrected chi connectivity index (χ2v) is 7.11. The molecule has 20 heavy (non-hydrogen) atoms. The third kappa shape index (κ3) is 4.44. The van der Waals surface area contributed by atoms with Crippen molar-refractivity contribution in [3.8, 4) is 0 Å². The van der Waals surface area contributed by atoms with E-state index in [4.69, 9.17) is 4.74 Å². The summed E-state index contributed by atoms with van der Waals surface area (Å²) in [6, 6.07) is 8.30. The van der Waals surface area contributed by atoms with Gasteiger partial charge in [0.05, 0.1) is 0 Å². The van der Waals surface area contributed by atoms with E-state index in [2.05, 4.69) is 33.1 Å². The predicted molar refractivity (Wildman–Crippen MR) is 84.1 cm³/mol. The zero-order valence-electron chi connectivity index (χ0n) is 12.1. The van der Waals surface area contributed by atoms with Gasteiger partial charge in [-0.25, -0.2) is 4.79 Å². The molecule has 1 atom stereocenters. The molecule has 0 aromatic heterocycles. The Balaban J connectivity index is 1.88. The zero-order valence-corrected chi connectivity index (χ0v) is 13.7. The molecule has 1 heterocycles. The summed E-state index contributed by atoms with van der Waals surface area (Å²) in [4.78, 5) is 16.3. The van der Waals surface area contributed by atoms with Crippen LogP contribution >= 0.6 is 15.9 Å². The van der Waals surface area contributed by atoms with Crippen LogP contribution < -0.4 is 0 Å². The number of rotatable bonds is 3. The molecule has 1 aliphatic heterocycles. The Kier molecular flexibility index (Phi) is 4.63. The summed E-state index contributed by atoms with van der Waals surface area (Å²) in [5.41, 5.74) is 1.41. The lowest BCUT2D eigenvalue weighted by Crippen LogP contribution is -2.28. The summed E-state index contributed by atoms with van der Waals surface area (Å²) < 4.78 is 6.44. The van der Waals surface area contributed by atoms with Crippen molar-refractivity contribution in [2.75, 3.05) is 6.54 Å².